The molecule has 0 aliphatic heterocycles. The number of para-hydroxylation sites is 1. The maximum atomic E-state index is 10.0. The molecular formula is C15H14N2O2. The number of nitrogens with two attached hydrogens (primary N) is 1. The van der Waals surface area contributed by atoms with Gasteiger partial charge in [0.15, 0.2) is 0 Å². The molecule has 0 aliphatic rings. The van der Waals surface area contributed by atoms with Gasteiger partial charge in [-0.15, -0.1) is 0 Å². The van der Waals surface area contributed by atoms with Gasteiger partial charge in [0.05, 0.1) is 5.56 Å². The Kier molecular flexibility index (Phi) is 4.01. The number of nitriles is 1. The molecule has 0 bridgehead atoms. The smallest absolute Gasteiger partial charge is 0.137 e. The number of nitrogen functional groups attached to an aromatic ring is 1. The monoisotopic (exact) mass is 254 g/mol. The van der Waals surface area contributed by atoms with Crippen LogP contribution < -0.4 is 10.5 Å². The minimum atomic E-state index is -0.782. The lowest BCUT2D eigenvalue weighted by Crippen LogP contribution is -2.10. The Morgan fingerprint density at radius 2 is 2.00 bits per heavy atom. The number of hydrogen-bond donors (Lipinski definition) is 2. The fraction of sp³-hybridized carbons (Fsp3) is 0.133. The molecule has 0 saturated heterocycles. The Morgan fingerprint density at radius 1 is 1.21 bits per heavy atom. The number of anilines is 1. The second-order valence-corrected chi connectivity index (χ2v) is 4.10. The van der Waals surface area contributed by atoms with Gasteiger partial charge in [0.1, 0.15) is 24.5 Å². The van der Waals surface area contributed by atoms with Crippen LogP contribution in [0, 0.1) is 11.3 Å². The van der Waals surface area contributed by atoms with Crippen LogP contribution >= 0.6 is 0 Å². The topological polar surface area (TPSA) is 79.3 Å². The van der Waals surface area contributed by atoms with Gasteiger partial charge in [0.2, 0.25) is 0 Å². The first-order valence-electron chi connectivity index (χ1n) is 5.86. The molecule has 0 aliphatic carbocycles. The Balaban J connectivity index is 2.05. The predicted molar refractivity (Wildman–Crippen MR) is 72.5 cm³/mol. The van der Waals surface area contributed by atoms with Gasteiger partial charge in [-0.2, -0.15) is 5.26 Å². The second-order valence-electron chi connectivity index (χ2n) is 4.10. The fourth-order valence-electron chi connectivity index (χ4n) is 1.72. The first-order valence-corrected chi connectivity index (χ1v) is 5.86. The molecule has 2 rings (SSSR count). The van der Waals surface area contributed by atoms with Crippen molar-refractivity contribution in [1.29, 1.82) is 5.26 Å². The summed E-state index contributed by atoms with van der Waals surface area (Å²) in [5.41, 5.74) is 7.38. The molecule has 0 saturated carbocycles. The van der Waals surface area contributed by atoms with E-state index in [-0.39, 0.29) is 6.61 Å². The maximum absolute atomic E-state index is 10.0. The molecule has 0 radical (unpaired) electrons. The molecule has 4 nitrogen and oxygen atoms in total. The Labute approximate surface area is 111 Å². The normalized spacial score (nSPS) is 11.6. The molecule has 1 unspecified atom stereocenters. The minimum absolute atomic E-state index is 0.0716. The summed E-state index contributed by atoms with van der Waals surface area (Å²) in [6.45, 7) is 0.0716. The number of nitrogens with zero attached hydrogens (tertiary/aromatic N) is 1. The molecule has 0 heterocycles. The number of benzene rings is 2. The maximum Gasteiger partial charge on any atom is 0.137 e. The zero-order valence-electron chi connectivity index (χ0n) is 10.3. The van der Waals surface area contributed by atoms with Gasteiger partial charge >= 0.3 is 0 Å². The predicted octanol–water partition coefficient (Wildman–Crippen LogP) is 2.25. The van der Waals surface area contributed by atoms with Crippen LogP contribution in [0.25, 0.3) is 0 Å². The van der Waals surface area contributed by atoms with Gasteiger partial charge in [0, 0.05) is 5.69 Å². The molecule has 0 amide bonds. The zero-order chi connectivity index (χ0) is 13.7. The molecule has 2 aromatic carbocycles. The van der Waals surface area contributed by atoms with Crippen molar-refractivity contribution >= 4 is 5.69 Å². The van der Waals surface area contributed by atoms with Crippen LogP contribution in [0.1, 0.15) is 17.2 Å². The Bertz CT molecular complexity index is 605. The van der Waals surface area contributed by atoms with Crippen LogP contribution in [-0.2, 0) is 0 Å². The lowest BCUT2D eigenvalue weighted by molar-refractivity contribution is 0.108. The summed E-state index contributed by atoms with van der Waals surface area (Å²) in [6.07, 6.45) is -0.782. The largest absolute Gasteiger partial charge is 0.489 e. The summed E-state index contributed by atoms with van der Waals surface area (Å²) in [5.74, 6) is 0.466. The lowest BCUT2D eigenvalue weighted by Gasteiger charge is -2.13. The Hall–Kier alpha value is -2.51. The first kappa shape index (κ1) is 12.9. The summed E-state index contributed by atoms with van der Waals surface area (Å²) in [7, 11) is 0. The molecule has 0 fully saturated rings. The molecule has 0 spiro atoms. The molecule has 1 atom stereocenters. The molecule has 19 heavy (non-hydrogen) atoms. The van der Waals surface area contributed by atoms with Crippen molar-refractivity contribution in [1.82, 2.24) is 0 Å². The van der Waals surface area contributed by atoms with E-state index < -0.39 is 6.10 Å². The van der Waals surface area contributed by atoms with Crippen molar-refractivity contribution in [3.05, 3.63) is 59.7 Å². The van der Waals surface area contributed by atoms with Crippen LogP contribution in [0.5, 0.6) is 5.75 Å². The van der Waals surface area contributed by atoms with Gasteiger partial charge in [-0.25, -0.2) is 0 Å². The van der Waals surface area contributed by atoms with E-state index in [1.165, 1.54) is 0 Å². The van der Waals surface area contributed by atoms with Gasteiger partial charge < -0.3 is 15.6 Å². The number of ether oxygens (including phenoxy) is 1. The first-order chi connectivity index (χ1) is 9.20. The summed E-state index contributed by atoms with van der Waals surface area (Å²) in [6, 6.07) is 16.0. The van der Waals surface area contributed by atoms with E-state index in [0.29, 0.717) is 22.6 Å². The highest BCUT2D eigenvalue weighted by Crippen LogP contribution is 2.20. The number of aliphatic hydroxyl groups is 1. The van der Waals surface area contributed by atoms with E-state index in [0.717, 1.165) is 0 Å². The summed E-state index contributed by atoms with van der Waals surface area (Å²) in [5, 5.41) is 18.9. The quantitative estimate of drug-likeness (QED) is 0.820. The van der Waals surface area contributed by atoms with Gasteiger partial charge in [0.25, 0.3) is 0 Å². The third-order valence-corrected chi connectivity index (χ3v) is 2.70. The van der Waals surface area contributed by atoms with Crippen LogP contribution in [-0.4, -0.2) is 11.7 Å². The minimum Gasteiger partial charge on any atom is -0.489 e. The van der Waals surface area contributed by atoms with Gasteiger partial charge in [-0.1, -0.05) is 24.3 Å². The van der Waals surface area contributed by atoms with E-state index in [2.05, 4.69) is 0 Å². The van der Waals surface area contributed by atoms with Crippen molar-refractivity contribution in [2.75, 3.05) is 12.3 Å². The van der Waals surface area contributed by atoms with Crippen LogP contribution in [0.15, 0.2) is 48.5 Å². The number of hydrogen-bond acceptors (Lipinski definition) is 4. The molecular weight excluding hydrogens is 240 g/mol. The highest BCUT2D eigenvalue weighted by atomic mass is 16.5. The van der Waals surface area contributed by atoms with Crippen LogP contribution in [0.3, 0.4) is 0 Å². The van der Waals surface area contributed by atoms with E-state index in [9.17, 15) is 5.11 Å². The van der Waals surface area contributed by atoms with Crippen LogP contribution in [0.4, 0.5) is 5.69 Å². The average molecular weight is 254 g/mol. The molecule has 0 aromatic heterocycles. The van der Waals surface area contributed by atoms with Crippen LogP contribution in [0.2, 0.25) is 0 Å². The molecule has 3 N–H and O–H groups in total. The van der Waals surface area contributed by atoms with Crippen molar-refractivity contribution in [3.63, 3.8) is 0 Å². The number of rotatable bonds is 4. The van der Waals surface area contributed by atoms with E-state index >= 15 is 0 Å². The van der Waals surface area contributed by atoms with Crippen molar-refractivity contribution < 1.29 is 9.84 Å². The van der Waals surface area contributed by atoms with Gasteiger partial charge in [-0.05, 0) is 29.8 Å². The standard InChI is InChI=1S/C15H14N2O2/c16-9-12-4-1-2-7-15(12)19-10-14(18)11-5-3-6-13(17)8-11/h1-8,14,18H,10,17H2. The summed E-state index contributed by atoms with van der Waals surface area (Å²) in [4.78, 5) is 0. The van der Waals surface area contributed by atoms with Crippen molar-refractivity contribution in [3.8, 4) is 11.8 Å². The van der Waals surface area contributed by atoms with E-state index in [4.69, 9.17) is 15.7 Å². The van der Waals surface area contributed by atoms with Crippen molar-refractivity contribution in [2.24, 2.45) is 0 Å². The highest BCUT2D eigenvalue weighted by molar-refractivity contribution is 5.43. The fourth-order valence-corrected chi connectivity index (χ4v) is 1.72. The van der Waals surface area contributed by atoms with Gasteiger partial charge in [-0.3, -0.25) is 0 Å². The van der Waals surface area contributed by atoms with E-state index in [1.807, 2.05) is 6.07 Å². The summed E-state index contributed by atoms with van der Waals surface area (Å²) < 4.78 is 5.47. The lowest BCUT2D eigenvalue weighted by atomic mass is 10.1. The van der Waals surface area contributed by atoms with E-state index in [1.54, 1.807) is 48.5 Å². The van der Waals surface area contributed by atoms with Crippen molar-refractivity contribution in [2.45, 2.75) is 6.10 Å². The Morgan fingerprint density at radius 3 is 2.74 bits per heavy atom. The zero-order valence-corrected chi connectivity index (χ0v) is 10.3. The molecule has 4 heteroatoms. The third-order valence-electron chi connectivity index (χ3n) is 2.70. The third kappa shape index (κ3) is 3.24. The molecule has 96 valence electrons. The average Bonchev–Trinajstić information content (AvgIpc) is 2.45. The molecule has 2 aromatic rings. The summed E-state index contributed by atoms with van der Waals surface area (Å²) >= 11 is 0. The second kappa shape index (κ2) is 5.89. The highest BCUT2D eigenvalue weighted by Gasteiger charge is 2.10. The SMILES string of the molecule is N#Cc1ccccc1OCC(O)c1cccc(N)c1. The number of aliphatic hydroxyl groups excluding tert-OH is 1.